The van der Waals surface area contributed by atoms with Crippen molar-refractivity contribution in [3.63, 3.8) is 0 Å². The maximum Gasteiger partial charge on any atom is 0.213 e. The molecule has 16 heavy (non-hydrogen) atoms. The van der Waals surface area contributed by atoms with Gasteiger partial charge < -0.3 is 9.64 Å². The van der Waals surface area contributed by atoms with Gasteiger partial charge in [-0.15, -0.1) is 0 Å². The van der Waals surface area contributed by atoms with Crippen LogP contribution in [0.15, 0.2) is 17.8 Å². The van der Waals surface area contributed by atoms with E-state index in [-0.39, 0.29) is 0 Å². The molecule has 4 nitrogen and oxygen atoms in total. The highest BCUT2D eigenvalue weighted by molar-refractivity contribution is 5.56. The van der Waals surface area contributed by atoms with Gasteiger partial charge in [0.25, 0.3) is 0 Å². The molecule has 1 rings (SSSR count). The number of hydrogen-bond acceptors (Lipinski definition) is 4. The molecule has 0 unspecified atom stereocenters. The largest absolute Gasteiger partial charge is 0.481 e. The third-order valence-corrected chi connectivity index (χ3v) is 2.28. The Morgan fingerprint density at radius 3 is 2.69 bits per heavy atom. The molecular weight excluding hydrogens is 202 g/mol. The normalized spacial score (nSPS) is 10.8. The van der Waals surface area contributed by atoms with Gasteiger partial charge in [0.1, 0.15) is 6.07 Å². The van der Waals surface area contributed by atoms with Crippen LogP contribution in [0.2, 0.25) is 0 Å². The van der Waals surface area contributed by atoms with Crippen LogP contribution in [0, 0.1) is 11.3 Å². The van der Waals surface area contributed by atoms with Crippen molar-refractivity contribution in [1.29, 1.82) is 5.26 Å². The van der Waals surface area contributed by atoms with Crippen molar-refractivity contribution in [2.24, 2.45) is 0 Å². The molecule has 0 fully saturated rings. The molecule has 0 spiro atoms. The molecule has 0 saturated heterocycles. The quantitative estimate of drug-likeness (QED) is 0.775. The third-order valence-electron chi connectivity index (χ3n) is 2.28. The van der Waals surface area contributed by atoms with E-state index in [2.05, 4.69) is 11.1 Å². The highest BCUT2D eigenvalue weighted by Gasteiger charge is 2.04. The van der Waals surface area contributed by atoms with Crippen LogP contribution in [-0.4, -0.2) is 31.1 Å². The van der Waals surface area contributed by atoms with E-state index >= 15 is 0 Å². The number of methoxy groups -OCH3 is 1. The predicted molar refractivity (Wildman–Crippen MR) is 62.8 cm³/mol. The second-order valence-corrected chi connectivity index (χ2v) is 3.58. The summed E-state index contributed by atoms with van der Waals surface area (Å²) in [6.07, 6.45) is 1.86. The molecule has 0 aliphatic carbocycles. The van der Waals surface area contributed by atoms with Gasteiger partial charge in [0, 0.05) is 25.9 Å². The Balaban J connectivity index is 3.20. The molecule has 0 N–H and O–H groups in total. The molecular formula is C12H15N3O. The molecule has 4 heteroatoms. The lowest BCUT2D eigenvalue weighted by molar-refractivity contribution is 0.397. The second-order valence-electron chi connectivity index (χ2n) is 3.58. The van der Waals surface area contributed by atoms with Crippen LogP contribution in [0.25, 0.3) is 6.08 Å². The number of allylic oxidation sites excluding steroid dienone is 1. The average Bonchev–Trinajstić information content (AvgIpc) is 2.28. The van der Waals surface area contributed by atoms with Gasteiger partial charge in [0.2, 0.25) is 5.88 Å². The van der Waals surface area contributed by atoms with Crippen LogP contribution in [0.4, 0.5) is 0 Å². The molecule has 0 aliphatic rings. The van der Waals surface area contributed by atoms with Gasteiger partial charge >= 0.3 is 0 Å². The number of hydrogen-bond donors (Lipinski definition) is 0. The lowest BCUT2D eigenvalue weighted by Crippen LogP contribution is -2.08. The summed E-state index contributed by atoms with van der Waals surface area (Å²) < 4.78 is 5.03. The minimum absolute atomic E-state index is 0.511. The SMILES string of the molecule is COc1ccc(C#N)c(C=C(C)N(C)C)n1. The number of nitrogens with zero attached hydrogens (tertiary/aromatic N) is 3. The monoisotopic (exact) mass is 217 g/mol. The van der Waals surface area contributed by atoms with Gasteiger partial charge in [-0.2, -0.15) is 5.26 Å². The van der Waals surface area contributed by atoms with Crippen LogP contribution in [0.1, 0.15) is 18.2 Å². The Labute approximate surface area is 95.8 Å². The van der Waals surface area contributed by atoms with Gasteiger partial charge in [0.15, 0.2) is 0 Å². The number of aromatic nitrogens is 1. The van der Waals surface area contributed by atoms with Gasteiger partial charge in [0.05, 0.1) is 18.4 Å². The van der Waals surface area contributed by atoms with Crippen LogP contribution in [-0.2, 0) is 0 Å². The van der Waals surface area contributed by atoms with Crippen LogP contribution in [0.5, 0.6) is 5.88 Å². The second kappa shape index (κ2) is 5.17. The molecule has 84 valence electrons. The molecule has 0 amide bonds. The summed E-state index contributed by atoms with van der Waals surface area (Å²) in [6, 6.07) is 5.50. The molecule has 0 aliphatic heterocycles. The lowest BCUT2D eigenvalue weighted by atomic mass is 10.2. The molecule has 1 aromatic heterocycles. The van der Waals surface area contributed by atoms with Crippen molar-refractivity contribution >= 4 is 6.08 Å². The molecule has 1 aromatic rings. The van der Waals surface area contributed by atoms with Crippen molar-refractivity contribution in [3.05, 3.63) is 29.1 Å². The summed E-state index contributed by atoms with van der Waals surface area (Å²) in [6.45, 7) is 1.96. The van der Waals surface area contributed by atoms with Crippen molar-refractivity contribution in [2.45, 2.75) is 6.92 Å². The predicted octanol–water partition coefficient (Wildman–Crippen LogP) is 1.88. The number of rotatable bonds is 3. The standard InChI is InChI=1S/C12H15N3O/c1-9(15(2)3)7-11-10(8-13)5-6-12(14-11)16-4/h5-7H,1-4H3. The van der Waals surface area contributed by atoms with Crippen LogP contribution >= 0.6 is 0 Å². The van der Waals surface area contributed by atoms with Gasteiger partial charge in [-0.3, -0.25) is 0 Å². The Morgan fingerprint density at radius 1 is 1.50 bits per heavy atom. The Kier molecular flexibility index (Phi) is 3.90. The van der Waals surface area contributed by atoms with Crippen molar-refractivity contribution < 1.29 is 4.74 Å². The van der Waals surface area contributed by atoms with Gasteiger partial charge in [-0.05, 0) is 19.1 Å². The summed E-state index contributed by atoms with van der Waals surface area (Å²) in [5, 5.41) is 8.96. The van der Waals surface area contributed by atoms with Crippen molar-refractivity contribution in [3.8, 4) is 11.9 Å². The van der Waals surface area contributed by atoms with Gasteiger partial charge in [-0.1, -0.05) is 0 Å². The molecule has 0 bridgehead atoms. The van der Waals surface area contributed by atoms with E-state index in [0.717, 1.165) is 5.70 Å². The maximum absolute atomic E-state index is 8.96. The fourth-order valence-corrected chi connectivity index (χ4v) is 1.10. The smallest absolute Gasteiger partial charge is 0.213 e. The summed E-state index contributed by atoms with van der Waals surface area (Å²) in [4.78, 5) is 6.20. The van der Waals surface area contributed by atoms with Crippen LogP contribution in [0.3, 0.4) is 0 Å². The lowest BCUT2D eigenvalue weighted by Gasteiger charge is -2.12. The van der Waals surface area contributed by atoms with Crippen LogP contribution < -0.4 is 4.74 Å². The molecule has 0 radical (unpaired) electrons. The molecule has 0 atom stereocenters. The average molecular weight is 217 g/mol. The third kappa shape index (κ3) is 2.74. The topological polar surface area (TPSA) is 49.1 Å². The zero-order valence-electron chi connectivity index (χ0n) is 9.98. The molecule has 0 aromatic carbocycles. The Morgan fingerprint density at radius 2 is 2.19 bits per heavy atom. The Hall–Kier alpha value is -2.02. The van der Waals surface area contributed by atoms with E-state index in [9.17, 15) is 0 Å². The first-order valence-electron chi connectivity index (χ1n) is 4.89. The summed E-state index contributed by atoms with van der Waals surface area (Å²) in [7, 11) is 5.44. The zero-order chi connectivity index (χ0) is 12.1. The number of ether oxygens (including phenoxy) is 1. The van der Waals surface area contributed by atoms with Crippen molar-refractivity contribution in [2.75, 3.05) is 21.2 Å². The summed E-state index contributed by atoms with van der Waals surface area (Å²) in [5.41, 5.74) is 2.20. The van der Waals surface area contributed by atoms with E-state index in [1.807, 2.05) is 32.0 Å². The molecule has 0 saturated carbocycles. The van der Waals surface area contributed by atoms with E-state index in [1.165, 1.54) is 0 Å². The highest BCUT2D eigenvalue weighted by Crippen LogP contribution is 2.15. The first-order valence-corrected chi connectivity index (χ1v) is 4.89. The first-order chi connectivity index (χ1) is 7.58. The zero-order valence-corrected chi connectivity index (χ0v) is 9.98. The first kappa shape index (κ1) is 12.1. The van der Waals surface area contributed by atoms with Crippen molar-refractivity contribution in [1.82, 2.24) is 9.88 Å². The Bertz CT molecular complexity index is 444. The fourth-order valence-electron chi connectivity index (χ4n) is 1.10. The van der Waals surface area contributed by atoms with E-state index in [4.69, 9.17) is 10.00 Å². The number of nitriles is 1. The summed E-state index contributed by atoms with van der Waals surface area (Å²) >= 11 is 0. The molecule has 1 heterocycles. The minimum Gasteiger partial charge on any atom is -0.481 e. The van der Waals surface area contributed by atoms with Gasteiger partial charge in [-0.25, -0.2) is 4.98 Å². The van der Waals surface area contributed by atoms with E-state index in [0.29, 0.717) is 17.1 Å². The maximum atomic E-state index is 8.96. The highest BCUT2D eigenvalue weighted by atomic mass is 16.5. The number of pyridine rings is 1. The summed E-state index contributed by atoms with van der Waals surface area (Å²) in [5.74, 6) is 0.511. The minimum atomic E-state index is 0.511. The van der Waals surface area contributed by atoms with E-state index < -0.39 is 0 Å². The fraction of sp³-hybridized carbons (Fsp3) is 0.333. The van der Waals surface area contributed by atoms with E-state index in [1.54, 1.807) is 19.2 Å².